The maximum absolute atomic E-state index is 13.3. The van der Waals surface area contributed by atoms with Gasteiger partial charge in [0.15, 0.2) is 17.3 Å². The molecule has 0 bridgehead atoms. The zero-order valence-corrected chi connectivity index (χ0v) is 21.8. The number of rotatable bonds is 11. The molecule has 190 valence electrons. The fourth-order valence-corrected chi connectivity index (χ4v) is 4.50. The van der Waals surface area contributed by atoms with Crippen LogP contribution in [-0.4, -0.2) is 52.6 Å². The number of aryl methyl sites for hydroxylation is 1. The predicted molar refractivity (Wildman–Crippen MR) is 138 cm³/mol. The van der Waals surface area contributed by atoms with Gasteiger partial charge in [-0.2, -0.15) is 9.61 Å². The van der Waals surface area contributed by atoms with E-state index in [1.165, 1.54) is 11.3 Å². The lowest BCUT2D eigenvalue weighted by Gasteiger charge is -2.17. The van der Waals surface area contributed by atoms with Crippen molar-refractivity contribution in [3.05, 3.63) is 41.7 Å². The van der Waals surface area contributed by atoms with Crippen LogP contribution >= 0.6 is 11.3 Å². The molecule has 0 aliphatic heterocycles. The van der Waals surface area contributed by atoms with Crippen LogP contribution < -0.4 is 24.3 Å². The molecule has 1 N–H and O–H groups in total. The summed E-state index contributed by atoms with van der Waals surface area (Å²) in [5, 5.41) is 16.7. The Morgan fingerprint density at radius 2 is 1.64 bits per heavy atom. The van der Waals surface area contributed by atoms with Gasteiger partial charge in [-0.15, -0.1) is 10.2 Å². The third kappa shape index (κ3) is 5.06. The van der Waals surface area contributed by atoms with Crippen LogP contribution in [0.15, 0.2) is 30.3 Å². The number of anilines is 1. The second kappa shape index (κ2) is 11.3. The summed E-state index contributed by atoms with van der Waals surface area (Å²) < 4.78 is 24.5. The Bertz CT molecular complexity index is 1340. The van der Waals surface area contributed by atoms with Crippen LogP contribution in [0.1, 0.15) is 43.9 Å². The minimum absolute atomic E-state index is 0.346. The van der Waals surface area contributed by atoms with E-state index in [0.717, 1.165) is 22.8 Å². The number of carbonyl (C=O) groups is 1. The van der Waals surface area contributed by atoms with E-state index in [9.17, 15) is 4.79 Å². The zero-order chi connectivity index (χ0) is 25.7. The molecule has 4 rings (SSSR count). The average molecular weight is 512 g/mol. The third-order valence-corrected chi connectivity index (χ3v) is 6.19. The van der Waals surface area contributed by atoms with Crippen LogP contribution in [0.5, 0.6) is 23.0 Å². The molecule has 2 heterocycles. The highest BCUT2D eigenvalue weighted by Crippen LogP contribution is 2.40. The molecule has 0 fully saturated rings. The number of methoxy groups -OCH3 is 1. The van der Waals surface area contributed by atoms with E-state index in [1.54, 1.807) is 29.8 Å². The number of nitrogens with one attached hydrogen (secondary N) is 1. The van der Waals surface area contributed by atoms with Gasteiger partial charge >= 0.3 is 0 Å². The molecule has 0 saturated carbocycles. The lowest BCUT2D eigenvalue weighted by Crippen LogP contribution is -2.14. The molecule has 0 spiro atoms. The molecule has 0 aliphatic rings. The molecular formula is C25H29N5O5S. The quantitative estimate of drug-likeness (QED) is 0.304. The summed E-state index contributed by atoms with van der Waals surface area (Å²) in [6.45, 7) is 8.89. The van der Waals surface area contributed by atoms with Crippen LogP contribution in [0.3, 0.4) is 0 Å². The largest absolute Gasteiger partial charge is 0.495 e. The highest BCUT2D eigenvalue weighted by molar-refractivity contribution is 7.19. The van der Waals surface area contributed by atoms with Crippen molar-refractivity contribution in [1.82, 2.24) is 19.8 Å². The Morgan fingerprint density at radius 3 is 2.25 bits per heavy atom. The molecule has 0 unspecified atom stereocenters. The molecule has 1 amide bonds. The fraction of sp³-hybridized carbons (Fsp3) is 0.360. The van der Waals surface area contributed by atoms with Gasteiger partial charge in [0.05, 0.1) is 32.6 Å². The second-order valence-corrected chi connectivity index (χ2v) is 8.50. The van der Waals surface area contributed by atoms with Crippen LogP contribution in [-0.2, 0) is 6.42 Å². The maximum Gasteiger partial charge on any atom is 0.256 e. The van der Waals surface area contributed by atoms with Crippen molar-refractivity contribution in [1.29, 1.82) is 0 Å². The number of fused-ring (bicyclic) bond motifs is 1. The van der Waals surface area contributed by atoms with E-state index in [0.29, 0.717) is 59.0 Å². The number of hydrogen-bond acceptors (Lipinski definition) is 9. The van der Waals surface area contributed by atoms with Crippen LogP contribution in [0.25, 0.3) is 15.5 Å². The lowest BCUT2D eigenvalue weighted by atomic mass is 10.1. The average Bonchev–Trinajstić information content (AvgIpc) is 3.47. The van der Waals surface area contributed by atoms with Gasteiger partial charge in [-0.25, -0.2) is 0 Å². The number of aromatic nitrogens is 4. The Kier molecular flexibility index (Phi) is 7.89. The second-order valence-electron chi connectivity index (χ2n) is 7.54. The van der Waals surface area contributed by atoms with E-state index in [4.69, 9.17) is 18.9 Å². The van der Waals surface area contributed by atoms with Gasteiger partial charge in [-0.05, 0) is 51.1 Å². The molecular weight excluding hydrogens is 482 g/mol. The van der Waals surface area contributed by atoms with Crippen LogP contribution in [0.2, 0.25) is 0 Å². The molecule has 4 aromatic rings. The van der Waals surface area contributed by atoms with Crippen molar-refractivity contribution in [3.8, 4) is 33.6 Å². The first-order chi connectivity index (χ1) is 17.5. The van der Waals surface area contributed by atoms with Gasteiger partial charge in [0.1, 0.15) is 10.8 Å². The highest BCUT2D eigenvalue weighted by atomic mass is 32.1. The summed E-state index contributed by atoms with van der Waals surface area (Å²) in [5.41, 5.74) is 1.69. The minimum Gasteiger partial charge on any atom is -0.495 e. The van der Waals surface area contributed by atoms with Gasteiger partial charge in [-0.3, -0.25) is 4.79 Å². The number of ether oxygens (including phenoxy) is 4. The lowest BCUT2D eigenvalue weighted by molar-refractivity contribution is 0.102. The standard InChI is InChI=1S/C25H29N5O5S/c1-6-21-27-28-25-30(21)29-24(36-25)15-10-11-18(32-5)17(12-15)26-23(31)16-13-19(33-7-2)22(35-9-4)20(14-16)34-8-3/h10-14H,6-9H2,1-5H3,(H,26,31). The Hall–Kier alpha value is -3.86. The zero-order valence-electron chi connectivity index (χ0n) is 21.0. The predicted octanol–water partition coefficient (Wildman–Crippen LogP) is 4.87. The van der Waals surface area contributed by atoms with Gasteiger partial charge in [0, 0.05) is 17.5 Å². The maximum atomic E-state index is 13.3. The minimum atomic E-state index is -0.346. The van der Waals surface area contributed by atoms with Gasteiger partial charge in [0.2, 0.25) is 10.7 Å². The monoisotopic (exact) mass is 511 g/mol. The smallest absolute Gasteiger partial charge is 0.256 e. The fourth-order valence-electron chi connectivity index (χ4n) is 3.65. The van der Waals surface area contributed by atoms with E-state index in [1.807, 2.05) is 39.8 Å². The van der Waals surface area contributed by atoms with Crippen molar-refractivity contribution in [2.45, 2.75) is 34.1 Å². The van der Waals surface area contributed by atoms with Gasteiger partial charge in [-0.1, -0.05) is 18.3 Å². The molecule has 2 aromatic carbocycles. The normalized spacial score (nSPS) is 10.9. The van der Waals surface area contributed by atoms with Crippen molar-refractivity contribution in [2.24, 2.45) is 0 Å². The highest BCUT2D eigenvalue weighted by Gasteiger charge is 2.20. The Labute approximate surface area is 213 Å². The van der Waals surface area contributed by atoms with Crippen molar-refractivity contribution < 1.29 is 23.7 Å². The van der Waals surface area contributed by atoms with E-state index >= 15 is 0 Å². The molecule has 0 saturated heterocycles. The Morgan fingerprint density at radius 1 is 0.944 bits per heavy atom. The summed E-state index contributed by atoms with van der Waals surface area (Å²) in [4.78, 5) is 14.1. The number of carbonyl (C=O) groups excluding carboxylic acids is 1. The first kappa shape index (κ1) is 25.2. The SMILES string of the molecule is CCOc1cc(C(=O)Nc2cc(-c3nn4c(CC)nnc4s3)ccc2OC)cc(OCC)c1OCC. The Balaban J connectivity index is 1.68. The molecule has 2 aromatic heterocycles. The molecule has 36 heavy (non-hydrogen) atoms. The topological polar surface area (TPSA) is 109 Å². The summed E-state index contributed by atoms with van der Waals surface area (Å²) in [6, 6.07) is 8.82. The molecule has 0 aliphatic carbocycles. The van der Waals surface area contributed by atoms with Crippen molar-refractivity contribution >= 4 is 27.9 Å². The summed E-state index contributed by atoms with van der Waals surface area (Å²) in [5.74, 6) is 2.34. The molecule has 11 heteroatoms. The summed E-state index contributed by atoms with van der Waals surface area (Å²) in [6.07, 6.45) is 0.726. The van der Waals surface area contributed by atoms with Crippen LogP contribution in [0.4, 0.5) is 5.69 Å². The van der Waals surface area contributed by atoms with E-state index < -0.39 is 0 Å². The number of benzene rings is 2. The van der Waals surface area contributed by atoms with E-state index in [2.05, 4.69) is 20.6 Å². The number of nitrogens with zero attached hydrogens (tertiary/aromatic N) is 4. The number of hydrogen-bond donors (Lipinski definition) is 1. The van der Waals surface area contributed by atoms with Crippen molar-refractivity contribution in [3.63, 3.8) is 0 Å². The molecule has 10 nitrogen and oxygen atoms in total. The van der Waals surface area contributed by atoms with Gasteiger partial charge in [0.25, 0.3) is 5.91 Å². The van der Waals surface area contributed by atoms with Crippen molar-refractivity contribution in [2.75, 3.05) is 32.2 Å². The van der Waals surface area contributed by atoms with E-state index in [-0.39, 0.29) is 5.91 Å². The summed E-state index contributed by atoms with van der Waals surface area (Å²) >= 11 is 1.42. The number of amides is 1. The summed E-state index contributed by atoms with van der Waals surface area (Å²) in [7, 11) is 1.55. The van der Waals surface area contributed by atoms with Crippen LogP contribution in [0, 0.1) is 0 Å². The molecule has 0 atom stereocenters. The first-order valence-electron chi connectivity index (χ1n) is 11.8. The molecule has 0 radical (unpaired) electrons. The third-order valence-electron chi connectivity index (χ3n) is 5.24. The first-order valence-corrected chi connectivity index (χ1v) is 12.6. The van der Waals surface area contributed by atoms with Gasteiger partial charge < -0.3 is 24.3 Å².